The van der Waals surface area contributed by atoms with E-state index in [1.54, 1.807) is 12.0 Å². The van der Waals surface area contributed by atoms with Gasteiger partial charge in [-0.15, -0.1) is 0 Å². The van der Waals surface area contributed by atoms with Gasteiger partial charge in [0.1, 0.15) is 5.75 Å². The van der Waals surface area contributed by atoms with Crippen molar-refractivity contribution in [3.63, 3.8) is 0 Å². The summed E-state index contributed by atoms with van der Waals surface area (Å²) in [4.78, 5) is 29.1. The van der Waals surface area contributed by atoms with E-state index >= 15 is 0 Å². The lowest BCUT2D eigenvalue weighted by Crippen LogP contribution is -2.46. The van der Waals surface area contributed by atoms with Crippen molar-refractivity contribution in [1.82, 2.24) is 4.90 Å². The van der Waals surface area contributed by atoms with Crippen molar-refractivity contribution in [2.45, 2.75) is 45.1 Å². The summed E-state index contributed by atoms with van der Waals surface area (Å²) in [5, 5.41) is 0. The zero-order valence-corrected chi connectivity index (χ0v) is 14.5. The molecule has 24 heavy (non-hydrogen) atoms. The van der Waals surface area contributed by atoms with Crippen LogP contribution in [0.1, 0.15) is 39.0 Å². The molecule has 2 heterocycles. The lowest BCUT2D eigenvalue weighted by molar-refractivity contribution is -0.139. The predicted molar refractivity (Wildman–Crippen MR) is 93.1 cm³/mol. The van der Waals surface area contributed by atoms with E-state index in [1.807, 2.05) is 29.2 Å². The van der Waals surface area contributed by atoms with E-state index in [1.165, 1.54) is 6.42 Å². The first kappa shape index (κ1) is 16.8. The molecule has 1 aromatic carbocycles. The molecule has 3 rings (SSSR count). The minimum atomic E-state index is -0.216. The maximum absolute atomic E-state index is 12.9. The standard InChI is InChI=1S/C19H26N2O3/c1-3-15-6-4-5-11-20(15)19(23)14-12-18(22)21(13-14)16-7-9-17(24-2)10-8-16/h7-10,14-15H,3-6,11-13H2,1-2H3. The Hall–Kier alpha value is -2.04. The molecule has 5 heteroatoms. The van der Waals surface area contributed by atoms with Gasteiger partial charge in [-0.3, -0.25) is 9.59 Å². The first-order chi connectivity index (χ1) is 11.6. The highest BCUT2D eigenvalue weighted by Gasteiger charge is 2.39. The maximum Gasteiger partial charge on any atom is 0.228 e. The van der Waals surface area contributed by atoms with Crippen molar-refractivity contribution >= 4 is 17.5 Å². The fraction of sp³-hybridized carbons (Fsp3) is 0.579. The molecule has 0 radical (unpaired) electrons. The molecule has 2 aliphatic heterocycles. The monoisotopic (exact) mass is 330 g/mol. The molecular formula is C19H26N2O3. The average molecular weight is 330 g/mol. The number of ether oxygens (including phenoxy) is 1. The van der Waals surface area contributed by atoms with Crippen LogP contribution >= 0.6 is 0 Å². The molecule has 0 aromatic heterocycles. The maximum atomic E-state index is 12.9. The smallest absolute Gasteiger partial charge is 0.228 e. The summed E-state index contributed by atoms with van der Waals surface area (Å²) < 4.78 is 5.16. The second-order valence-corrected chi connectivity index (χ2v) is 6.69. The van der Waals surface area contributed by atoms with Gasteiger partial charge in [0.2, 0.25) is 11.8 Å². The normalized spacial score (nSPS) is 24.3. The Morgan fingerprint density at radius 3 is 2.67 bits per heavy atom. The van der Waals surface area contributed by atoms with Gasteiger partial charge in [-0.25, -0.2) is 0 Å². The Balaban J connectivity index is 1.70. The zero-order valence-electron chi connectivity index (χ0n) is 14.5. The molecule has 2 atom stereocenters. The van der Waals surface area contributed by atoms with Crippen molar-refractivity contribution in [3.05, 3.63) is 24.3 Å². The number of nitrogens with zero attached hydrogens (tertiary/aromatic N) is 2. The Kier molecular flexibility index (Phi) is 5.07. The quantitative estimate of drug-likeness (QED) is 0.853. The summed E-state index contributed by atoms with van der Waals surface area (Å²) in [6.07, 6.45) is 4.67. The Bertz CT molecular complexity index is 599. The number of carbonyl (C=O) groups is 2. The number of carbonyl (C=O) groups excluding carboxylic acids is 2. The van der Waals surface area contributed by atoms with Crippen LogP contribution in [0.2, 0.25) is 0 Å². The van der Waals surface area contributed by atoms with Crippen LogP contribution in [0.25, 0.3) is 0 Å². The van der Waals surface area contributed by atoms with Gasteiger partial charge in [0, 0.05) is 31.2 Å². The molecule has 0 aliphatic carbocycles. The summed E-state index contributed by atoms with van der Waals surface area (Å²) in [5.74, 6) is 0.735. The molecule has 2 amide bonds. The van der Waals surface area contributed by atoms with Gasteiger partial charge in [-0.05, 0) is 49.9 Å². The predicted octanol–water partition coefficient (Wildman–Crippen LogP) is 2.84. The van der Waals surface area contributed by atoms with Crippen LogP contribution in [0.4, 0.5) is 5.69 Å². The van der Waals surface area contributed by atoms with Gasteiger partial charge in [0.05, 0.1) is 13.0 Å². The third-order valence-corrected chi connectivity index (χ3v) is 5.24. The van der Waals surface area contributed by atoms with Gasteiger partial charge >= 0.3 is 0 Å². The second kappa shape index (κ2) is 7.24. The highest BCUT2D eigenvalue weighted by atomic mass is 16.5. The van der Waals surface area contributed by atoms with Crippen LogP contribution in [0, 0.1) is 5.92 Å². The minimum absolute atomic E-state index is 0.0311. The topological polar surface area (TPSA) is 49.9 Å². The molecule has 0 N–H and O–H groups in total. The van der Waals surface area contributed by atoms with Crippen LogP contribution in [0.3, 0.4) is 0 Å². The molecule has 1 aromatic rings. The largest absolute Gasteiger partial charge is 0.497 e. The van der Waals surface area contributed by atoms with Gasteiger partial charge in [-0.1, -0.05) is 6.92 Å². The number of likely N-dealkylation sites (tertiary alicyclic amines) is 1. The van der Waals surface area contributed by atoms with E-state index in [4.69, 9.17) is 4.74 Å². The van der Waals surface area contributed by atoms with E-state index in [0.29, 0.717) is 19.0 Å². The first-order valence-electron chi connectivity index (χ1n) is 8.89. The molecule has 2 aliphatic rings. The number of hydrogen-bond acceptors (Lipinski definition) is 3. The average Bonchev–Trinajstić information content (AvgIpc) is 3.03. The van der Waals surface area contributed by atoms with Crippen molar-refractivity contribution in [2.75, 3.05) is 25.1 Å². The molecule has 0 bridgehead atoms. The van der Waals surface area contributed by atoms with Crippen LogP contribution in [-0.2, 0) is 9.59 Å². The summed E-state index contributed by atoms with van der Waals surface area (Å²) in [7, 11) is 1.62. The Morgan fingerprint density at radius 1 is 1.25 bits per heavy atom. The lowest BCUT2D eigenvalue weighted by atomic mass is 9.97. The van der Waals surface area contributed by atoms with Crippen LogP contribution in [0.15, 0.2) is 24.3 Å². The number of rotatable bonds is 4. The van der Waals surface area contributed by atoms with Gasteiger partial charge < -0.3 is 14.5 Å². The van der Waals surface area contributed by atoms with Gasteiger partial charge in [0.15, 0.2) is 0 Å². The highest BCUT2D eigenvalue weighted by molar-refractivity contribution is 6.00. The van der Waals surface area contributed by atoms with E-state index in [-0.39, 0.29) is 17.7 Å². The third-order valence-electron chi connectivity index (χ3n) is 5.24. The first-order valence-corrected chi connectivity index (χ1v) is 8.89. The molecule has 2 saturated heterocycles. The second-order valence-electron chi connectivity index (χ2n) is 6.69. The fourth-order valence-electron chi connectivity index (χ4n) is 3.83. The van der Waals surface area contributed by atoms with Gasteiger partial charge in [0.25, 0.3) is 0 Å². The SMILES string of the molecule is CCC1CCCCN1C(=O)C1CC(=O)N(c2ccc(OC)cc2)C1. The van der Waals surface area contributed by atoms with Crippen LogP contribution in [0.5, 0.6) is 5.75 Å². The number of benzene rings is 1. The highest BCUT2D eigenvalue weighted by Crippen LogP contribution is 2.30. The fourth-order valence-corrected chi connectivity index (χ4v) is 3.83. The number of amides is 2. The molecule has 0 saturated carbocycles. The number of anilines is 1. The number of hydrogen-bond donors (Lipinski definition) is 0. The van der Waals surface area contributed by atoms with Crippen molar-refractivity contribution in [2.24, 2.45) is 5.92 Å². The molecule has 0 spiro atoms. The third kappa shape index (κ3) is 3.25. The number of piperidine rings is 1. The van der Waals surface area contributed by atoms with E-state index < -0.39 is 0 Å². The summed E-state index contributed by atoms with van der Waals surface area (Å²) >= 11 is 0. The lowest BCUT2D eigenvalue weighted by Gasteiger charge is -2.36. The molecule has 2 unspecified atom stereocenters. The summed E-state index contributed by atoms with van der Waals surface area (Å²) in [6, 6.07) is 7.78. The van der Waals surface area contributed by atoms with Crippen molar-refractivity contribution < 1.29 is 14.3 Å². The molecule has 5 nitrogen and oxygen atoms in total. The van der Waals surface area contributed by atoms with E-state index in [2.05, 4.69) is 6.92 Å². The molecular weight excluding hydrogens is 304 g/mol. The minimum Gasteiger partial charge on any atom is -0.497 e. The van der Waals surface area contributed by atoms with Gasteiger partial charge in [-0.2, -0.15) is 0 Å². The van der Waals surface area contributed by atoms with E-state index in [9.17, 15) is 9.59 Å². The van der Waals surface area contributed by atoms with Crippen molar-refractivity contribution in [3.8, 4) is 5.75 Å². The van der Waals surface area contributed by atoms with E-state index in [0.717, 1.165) is 37.2 Å². The summed E-state index contributed by atoms with van der Waals surface area (Å²) in [5.41, 5.74) is 0.835. The zero-order chi connectivity index (χ0) is 17.1. The van der Waals surface area contributed by atoms with Crippen LogP contribution < -0.4 is 9.64 Å². The Morgan fingerprint density at radius 2 is 2.00 bits per heavy atom. The Labute approximate surface area is 143 Å². The molecule has 2 fully saturated rings. The number of methoxy groups -OCH3 is 1. The van der Waals surface area contributed by atoms with Crippen molar-refractivity contribution in [1.29, 1.82) is 0 Å². The van der Waals surface area contributed by atoms with Crippen LogP contribution in [-0.4, -0.2) is 43.0 Å². The summed E-state index contributed by atoms with van der Waals surface area (Å²) in [6.45, 7) is 3.46. The molecule has 130 valence electrons.